The first-order valence-electron chi connectivity index (χ1n) is 5.40. The first kappa shape index (κ1) is 12.0. The van der Waals surface area contributed by atoms with Gasteiger partial charge in [-0.05, 0) is 40.8 Å². The van der Waals surface area contributed by atoms with Gasteiger partial charge in [0.25, 0.3) is 0 Å². The van der Waals surface area contributed by atoms with Crippen LogP contribution in [0, 0.1) is 0 Å². The molecule has 1 rings (SSSR count). The maximum absolute atomic E-state index is 4.34. The molecule has 0 aliphatic rings. The molecule has 0 aliphatic carbocycles. The molecule has 0 atom stereocenters. The molecule has 1 aromatic heterocycles. The van der Waals surface area contributed by atoms with Crippen LogP contribution in [0.25, 0.3) is 6.08 Å². The van der Waals surface area contributed by atoms with Gasteiger partial charge in [-0.25, -0.2) is 0 Å². The molecule has 0 spiro atoms. The summed E-state index contributed by atoms with van der Waals surface area (Å²) in [6.07, 6.45) is 9.32. The van der Waals surface area contributed by atoms with Crippen molar-refractivity contribution >= 4 is 6.08 Å². The highest BCUT2D eigenvalue weighted by Gasteiger charge is 2.12. The highest BCUT2D eigenvalue weighted by Crippen LogP contribution is 2.13. The monoisotopic (exact) mass is 207 g/mol. The molecular weight excluding hydrogens is 186 g/mol. The summed E-state index contributed by atoms with van der Waals surface area (Å²) < 4.78 is 1.99. The van der Waals surface area contributed by atoms with Crippen molar-refractivity contribution in [3.63, 3.8) is 0 Å². The molecule has 0 saturated heterocycles. The maximum Gasteiger partial charge on any atom is 0.0562 e. The van der Waals surface area contributed by atoms with E-state index in [1.807, 2.05) is 17.9 Å². The van der Waals surface area contributed by atoms with Crippen LogP contribution < -0.4 is 5.32 Å². The lowest BCUT2D eigenvalue weighted by Gasteiger charge is -2.18. The van der Waals surface area contributed by atoms with Gasteiger partial charge in [0.05, 0.1) is 11.7 Å². The average molecular weight is 207 g/mol. The van der Waals surface area contributed by atoms with E-state index in [1.54, 1.807) is 0 Å². The molecule has 1 heterocycles. The summed E-state index contributed by atoms with van der Waals surface area (Å²) in [5, 5.41) is 7.45. The SMILES string of the molecule is CNCCC=Cc1cnn(C(C)(C)C)c1. The van der Waals surface area contributed by atoms with Crippen LogP contribution in [-0.2, 0) is 5.54 Å². The summed E-state index contributed by atoms with van der Waals surface area (Å²) in [5.74, 6) is 0. The van der Waals surface area contributed by atoms with E-state index in [-0.39, 0.29) is 5.54 Å². The number of aromatic nitrogens is 2. The Hall–Kier alpha value is -1.09. The minimum Gasteiger partial charge on any atom is -0.319 e. The Morgan fingerprint density at radius 3 is 2.73 bits per heavy atom. The lowest BCUT2D eigenvalue weighted by atomic mass is 10.1. The van der Waals surface area contributed by atoms with Crippen LogP contribution in [0.1, 0.15) is 32.8 Å². The second-order valence-corrected chi connectivity index (χ2v) is 4.68. The largest absolute Gasteiger partial charge is 0.319 e. The van der Waals surface area contributed by atoms with Gasteiger partial charge in [0, 0.05) is 11.8 Å². The van der Waals surface area contributed by atoms with E-state index in [1.165, 1.54) is 5.56 Å². The van der Waals surface area contributed by atoms with E-state index in [0.717, 1.165) is 13.0 Å². The van der Waals surface area contributed by atoms with Crippen molar-refractivity contribution < 1.29 is 0 Å². The zero-order chi connectivity index (χ0) is 11.3. The average Bonchev–Trinajstić information content (AvgIpc) is 2.60. The molecule has 1 aromatic rings. The molecule has 0 saturated carbocycles. The van der Waals surface area contributed by atoms with Gasteiger partial charge in [-0.2, -0.15) is 5.10 Å². The maximum atomic E-state index is 4.34. The Balaban J connectivity index is 2.57. The molecule has 3 nitrogen and oxygen atoms in total. The fourth-order valence-electron chi connectivity index (χ4n) is 1.24. The predicted octanol–water partition coefficient (Wildman–Crippen LogP) is 2.26. The Bertz CT molecular complexity index is 318. The smallest absolute Gasteiger partial charge is 0.0562 e. The second kappa shape index (κ2) is 5.12. The number of nitrogens with one attached hydrogen (secondary N) is 1. The zero-order valence-electron chi connectivity index (χ0n) is 10.1. The van der Waals surface area contributed by atoms with E-state index in [0.29, 0.717) is 0 Å². The van der Waals surface area contributed by atoms with Crippen molar-refractivity contribution in [3.05, 3.63) is 24.0 Å². The molecule has 1 N–H and O–H groups in total. The Morgan fingerprint density at radius 2 is 2.20 bits per heavy atom. The Kier molecular flexibility index (Phi) is 4.09. The van der Waals surface area contributed by atoms with Crippen molar-refractivity contribution in [2.45, 2.75) is 32.7 Å². The first-order chi connectivity index (χ1) is 7.04. The van der Waals surface area contributed by atoms with Crippen LogP contribution in [0.5, 0.6) is 0 Å². The third-order valence-corrected chi connectivity index (χ3v) is 2.16. The molecule has 0 aliphatic heterocycles. The Morgan fingerprint density at radius 1 is 1.47 bits per heavy atom. The zero-order valence-corrected chi connectivity index (χ0v) is 10.1. The molecule has 84 valence electrons. The van der Waals surface area contributed by atoms with Crippen LogP contribution >= 0.6 is 0 Å². The third-order valence-electron chi connectivity index (χ3n) is 2.16. The molecule has 3 heteroatoms. The van der Waals surface area contributed by atoms with Crippen molar-refractivity contribution in [2.75, 3.05) is 13.6 Å². The summed E-state index contributed by atoms with van der Waals surface area (Å²) >= 11 is 0. The van der Waals surface area contributed by atoms with Crippen molar-refractivity contribution in [1.82, 2.24) is 15.1 Å². The second-order valence-electron chi connectivity index (χ2n) is 4.68. The van der Waals surface area contributed by atoms with E-state index in [2.05, 4.69) is 49.5 Å². The number of hydrogen-bond donors (Lipinski definition) is 1. The summed E-state index contributed by atoms with van der Waals surface area (Å²) in [4.78, 5) is 0. The number of hydrogen-bond acceptors (Lipinski definition) is 2. The van der Waals surface area contributed by atoms with Crippen molar-refractivity contribution in [1.29, 1.82) is 0 Å². The van der Waals surface area contributed by atoms with Crippen molar-refractivity contribution in [3.8, 4) is 0 Å². The summed E-state index contributed by atoms with van der Waals surface area (Å²) in [6.45, 7) is 7.46. The highest BCUT2D eigenvalue weighted by atomic mass is 15.3. The lowest BCUT2D eigenvalue weighted by molar-refractivity contribution is 0.355. The van der Waals surface area contributed by atoms with Crippen molar-refractivity contribution in [2.24, 2.45) is 0 Å². The van der Waals surface area contributed by atoms with Gasteiger partial charge in [0.2, 0.25) is 0 Å². The fourth-order valence-corrected chi connectivity index (χ4v) is 1.24. The van der Waals surface area contributed by atoms with Crippen LogP contribution in [0.15, 0.2) is 18.5 Å². The van der Waals surface area contributed by atoms with Gasteiger partial charge < -0.3 is 5.32 Å². The highest BCUT2D eigenvalue weighted by molar-refractivity contribution is 5.46. The first-order valence-corrected chi connectivity index (χ1v) is 5.40. The summed E-state index contributed by atoms with van der Waals surface area (Å²) in [6, 6.07) is 0. The molecular formula is C12H21N3. The molecule has 0 fully saturated rings. The number of rotatable bonds is 4. The quantitative estimate of drug-likeness (QED) is 0.767. The molecule has 0 amide bonds. The summed E-state index contributed by atoms with van der Waals surface area (Å²) in [5.41, 5.74) is 1.23. The molecule has 0 radical (unpaired) electrons. The minimum absolute atomic E-state index is 0.0665. The summed E-state index contributed by atoms with van der Waals surface area (Å²) in [7, 11) is 1.96. The standard InChI is InChI=1S/C12H21N3/c1-12(2,3)15-10-11(9-14-15)7-5-6-8-13-4/h5,7,9-10,13H,6,8H2,1-4H3. The van der Waals surface area contributed by atoms with Gasteiger partial charge in [0.15, 0.2) is 0 Å². The minimum atomic E-state index is 0.0665. The molecule has 15 heavy (non-hydrogen) atoms. The number of nitrogens with zero attached hydrogens (tertiary/aromatic N) is 2. The normalized spacial score (nSPS) is 12.5. The van der Waals surface area contributed by atoms with Gasteiger partial charge in [0.1, 0.15) is 0 Å². The molecule has 0 aromatic carbocycles. The van der Waals surface area contributed by atoms with Crippen LogP contribution in [0.4, 0.5) is 0 Å². The third kappa shape index (κ3) is 3.88. The van der Waals surface area contributed by atoms with Crippen LogP contribution in [-0.4, -0.2) is 23.4 Å². The van der Waals surface area contributed by atoms with Gasteiger partial charge >= 0.3 is 0 Å². The Labute approximate surface area is 92.2 Å². The molecule has 0 unspecified atom stereocenters. The van der Waals surface area contributed by atoms with Gasteiger partial charge in [-0.3, -0.25) is 4.68 Å². The van der Waals surface area contributed by atoms with E-state index >= 15 is 0 Å². The fraction of sp³-hybridized carbons (Fsp3) is 0.583. The van der Waals surface area contributed by atoms with E-state index in [4.69, 9.17) is 0 Å². The van der Waals surface area contributed by atoms with Crippen LogP contribution in [0.3, 0.4) is 0 Å². The van der Waals surface area contributed by atoms with E-state index < -0.39 is 0 Å². The molecule has 0 bridgehead atoms. The van der Waals surface area contributed by atoms with E-state index in [9.17, 15) is 0 Å². The van der Waals surface area contributed by atoms with Crippen LogP contribution in [0.2, 0.25) is 0 Å². The van der Waals surface area contributed by atoms with Gasteiger partial charge in [-0.15, -0.1) is 0 Å². The lowest BCUT2D eigenvalue weighted by Crippen LogP contribution is -2.21. The predicted molar refractivity (Wildman–Crippen MR) is 64.8 cm³/mol. The van der Waals surface area contributed by atoms with Gasteiger partial charge in [-0.1, -0.05) is 12.2 Å². The topological polar surface area (TPSA) is 29.9 Å².